The van der Waals surface area contributed by atoms with Crippen molar-refractivity contribution >= 4 is 23.2 Å². The van der Waals surface area contributed by atoms with Gasteiger partial charge in [0.25, 0.3) is 0 Å². The van der Waals surface area contributed by atoms with E-state index >= 15 is 0 Å². The Morgan fingerprint density at radius 3 is 2.70 bits per heavy atom. The fraction of sp³-hybridized carbons (Fsp3) is 0.300. The van der Waals surface area contributed by atoms with Crippen LogP contribution < -0.4 is 5.32 Å². The van der Waals surface area contributed by atoms with Gasteiger partial charge >= 0.3 is 0 Å². The highest BCUT2D eigenvalue weighted by molar-refractivity contribution is 6.32. The molecular weight excluding hydrogens is 372 g/mol. The minimum Gasteiger partial charge on any atom is -0.380 e. The predicted octanol–water partition coefficient (Wildman–Crippen LogP) is 4.13. The molecule has 1 heterocycles. The Morgan fingerprint density at radius 1 is 1.30 bits per heavy atom. The summed E-state index contributed by atoms with van der Waals surface area (Å²) in [7, 11) is 0. The maximum atomic E-state index is 14.1. The lowest BCUT2D eigenvalue weighted by Crippen LogP contribution is -2.41. The third-order valence-corrected chi connectivity index (χ3v) is 5.12. The van der Waals surface area contributed by atoms with Gasteiger partial charge in [-0.25, -0.2) is 8.78 Å². The molecule has 0 saturated carbocycles. The summed E-state index contributed by atoms with van der Waals surface area (Å²) in [6.07, 6.45) is 0.534. The van der Waals surface area contributed by atoms with Crippen LogP contribution in [0, 0.1) is 23.0 Å². The molecule has 140 valence electrons. The monoisotopic (exact) mass is 389 g/mol. The molecule has 4 nitrogen and oxygen atoms in total. The van der Waals surface area contributed by atoms with E-state index in [-0.39, 0.29) is 30.8 Å². The van der Waals surface area contributed by atoms with Crippen molar-refractivity contribution in [2.24, 2.45) is 0 Å². The number of hydrogen-bond acceptors (Lipinski definition) is 3. The second-order valence-corrected chi connectivity index (χ2v) is 6.86. The molecule has 2 aromatic carbocycles. The number of carbonyl (C=O) groups excluding carboxylic acids is 1. The second-order valence-electron chi connectivity index (χ2n) is 6.45. The summed E-state index contributed by atoms with van der Waals surface area (Å²) in [5.74, 6) is -1.28. The van der Waals surface area contributed by atoms with Gasteiger partial charge in [-0.2, -0.15) is 5.26 Å². The van der Waals surface area contributed by atoms with Gasteiger partial charge in [0.15, 0.2) is 0 Å². The first-order valence-electron chi connectivity index (χ1n) is 8.62. The zero-order valence-corrected chi connectivity index (χ0v) is 15.4. The Hall–Kier alpha value is -2.65. The van der Waals surface area contributed by atoms with Crippen LogP contribution in [0.1, 0.15) is 24.5 Å². The Kier molecular flexibility index (Phi) is 5.62. The number of benzene rings is 2. The molecule has 2 aromatic rings. The van der Waals surface area contributed by atoms with E-state index in [1.807, 2.05) is 13.0 Å². The van der Waals surface area contributed by atoms with Crippen LogP contribution in [0.15, 0.2) is 36.4 Å². The third-order valence-electron chi connectivity index (χ3n) is 4.81. The van der Waals surface area contributed by atoms with Crippen molar-refractivity contribution in [1.82, 2.24) is 4.90 Å². The molecule has 3 rings (SSSR count). The maximum absolute atomic E-state index is 14.1. The average molecular weight is 390 g/mol. The SMILES string of the molecule is CCN1C(=O)C[C@H](Nc2ccc(C#N)c(Cl)c2)C1Cc1ccc(F)cc1F. The number of nitriles is 1. The number of nitrogens with zero attached hydrogens (tertiary/aromatic N) is 2. The summed E-state index contributed by atoms with van der Waals surface area (Å²) in [6.45, 7) is 2.37. The van der Waals surface area contributed by atoms with Gasteiger partial charge in [0, 0.05) is 24.7 Å². The topological polar surface area (TPSA) is 56.1 Å². The number of rotatable bonds is 5. The molecule has 0 bridgehead atoms. The van der Waals surface area contributed by atoms with Crippen molar-refractivity contribution in [2.45, 2.75) is 31.8 Å². The molecule has 0 radical (unpaired) electrons. The normalized spacial score (nSPS) is 19.2. The molecule has 0 spiro atoms. The molecule has 1 fully saturated rings. The quantitative estimate of drug-likeness (QED) is 0.836. The van der Waals surface area contributed by atoms with Crippen LogP contribution in [0.3, 0.4) is 0 Å². The van der Waals surface area contributed by atoms with E-state index in [2.05, 4.69) is 5.32 Å². The van der Waals surface area contributed by atoms with Crippen molar-refractivity contribution in [2.75, 3.05) is 11.9 Å². The number of likely N-dealkylation sites (N-methyl/N-ethyl adjacent to an activating group) is 1. The molecule has 1 unspecified atom stereocenters. The summed E-state index contributed by atoms with van der Waals surface area (Å²) in [5.41, 5.74) is 1.41. The van der Waals surface area contributed by atoms with Crippen LogP contribution in [-0.4, -0.2) is 29.4 Å². The van der Waals surface area contributed by atoms with Crippen molar-refractivity contribution < 1.29 is 13.6 Å². The van der Waals surface area contributed by atoms with Crippen LogP contribution in [0.5, 0.6) is 0 Å². The van der Waals surface area contributed by atoms with Crippen molar-refractivity contribution in [3.05, 3.63) is 64.2 Å². The Labute approximate surface area is 161 Å². The Morgan fingerprint density at radius 2 is 2.07 bits per heavy atom. The number of amides is 1. The van der Waals surface area contributed by atoms with Gasteiger partial charge in [-0.3, -0.25) is 4.79 Å². The molecule has 0 aliphatic carbocycles. The number of nitrogens with one attached hydrogen (secondary N) is 1. The smallest absolute Gasteiger partial charge is 0.225 e. The van der Waals surface area contributed by atoms with Crippen molar-refractivity contribution in [3.8, 4) is 6.07 Å². The summed E-state index contributed by atoms with van der Waals surface area (Å²) in [5, 5.41) is 12.6. The first-order chi connectivity index (χ1) is 12.9. The van der Waals surface area contributed by atoms with Gasteiger partial charge in [-0.15, -0.1) is 0 Å². The summed E-state index contributed by atoms with van der Waals surface area (Å²) in [6, 6.07) is 9.90. The lowest BCUT2D eigenvalue weighted by atomic mass is 9.99. The standard InChI is InChI=1S/C20H18ClF2N3O/c1-2-26-19(7-12-3-5-14(22)8-17(12)23)18(10-20(26)27)25-15-6-4-13(11-24)16(21)9-15/h3-6,8-9,18-19,25H,2,7,10H2,1H3/t18-,19?/m0/s1. The van der Waals surface area contributed by atoms with E-state index < -0.39 is 11.6 Å². The molecular formula is C20H18ClF2N3O. The number of anilines is 1. The first-order valence-corrected chi connectivity index (χ1v) is 9.00. The average Bonchev–Trinajstić information content (AvgIpc) is 2.91. The van der Waals surface area contributed by atoms with E-state index in [4.69, 9.17) is 16.9 Å². The lowest BCUT2D eigenvalue weighted by Gasteiger charge is -2.28. The maximum Gasteiger partial charge on any atom is 0.225 e. The number of halogens is 3. The Bertz CT molecular complexity index is 913. The molecule has 2 atom stereocenters. The number of hydrogen-bond donors (Lipinski definition) is 1. The van der Waals surface area contributed by atoms with E-state index in [1.165, 1.54) is 12.1 Å². The Balaban J connectivity index is 1.85. The molecule has 1 N–H and O–H groups in total. The van der Waals surface area contributed by atoms with Gasteiger partial charge < -0.3 is 10.2 Å². The molecule has 0 aromatic heterocycles. The first kappa shape index (κ1) is 19.1. The fourth-order valence-electron chi connectivity index (χ4n) is 3.48. The summed E-state index contributed by atoms with van der Waals surface area (Å²) in [4.78, 5) is 14.1. The fourth-order valence-corrected chi connectivity index (χ4v) is 3.70. The zero-order valence-electron chi connectivity index (χ0n) is 14.7. The number of carbonyl (C=O) groups is 1. The third kappa shape index (κ3) is 4.04. The van der Waals surface area contributed by atoms with Crippen LogP contribution >= 0.6 is 11.6 Å². The summed E-state index contributed by atoms with van der Waals surface area (Å²) >= 11 is 6.08. The molecule has 7 heteroatoms. The highest BCUT2D eigenvalue weighted by Gasteiger charge is 2.39. The molecule has 1 saturated heterocycles. The van der Waals surface area contributed by atoms with Crippen LogP contribution in [0.4, 0.5) is 14.5 Å². The second kappa shape index (κ2) is 7.93. The lowest BCUT2D eigenvalue weighted by molar-refractivity contribution is -0.128. The minimum absolute atomic E-state index is 0.0257. The molecule has 1 aliphatic rings. The highest BCUT2D eigenvalue weighted by atomic mass is 35.5. The van der Waals surface area contributed by atoms with Crippen LogP contribution in [-0.2, 0) is 11.2 Å². The predicted molar refractivity (Wildman–Crippen MR) is 99.4 cm³/mol. The molecule has 1 aliphatic heterocycles. The van der Waals surface area contributed by atoms with E-state index in [0.717, 1.165) is 6.07 Å². The minimum atomic E-state index is -0.631. The molecule has 27 heavy (non-hydrogen) atoms. The van der Waals surface area contributed by atoms with Crippen LogP contribution in [0.2, 0.25) is 5.02 Å². The van der Waals surface area contributed by atoms with Gasteiger partial charge in [-0.05, 0) is 43.2 Å². The largest absolute Gasteiger partial charge is 0.380 e. The van der Waals surface area contributed by atoms with E-state index in [9.17, 15) is 13.6 Å². The highest BCUT2D eigenvalue weighted by Crippen LogP contribution is 2.28. The zero-order chi connectivity index (χ0) is 19.6. The van der Waals surface area contributed by atoms with Crippen LogP contribution in [0.25, 0.3) is 0 Å². The van der Waals surface area contributed by atoms with Gasteiger partial charge in [0.2, 0.25) is 5.91 Å². The summed E-state index contributed by atoms with van der Waals surface area (Å²) < 4.78 is 27.3. The van der Waals surface area contributed by atoms with Crippen molar-refractivity contribution in [3.63, 3.8) is 0 Å². The van der Waals surface area contributed by atoms with Gasteiger partial charge in [0.1, 0.15) is 17.7 Å². The van der Waals surface area contributed by atoms with Crippen molar-refractivity contribution in [1.29, 1.82) is 5.26 Å². The van der Waals surface area contributed by atoms with Gasteiger partial charge in [0.05, 0.1) is 22.7 Å². The van der Waals surface area contributed by atoms with E-state index in [1.54, 1.807) is 23.1 Å². The van der Waals surface area contributed by atoms with E-state index in [0.29, 0.717) is 28.4 Å². The molecule has 1 amide bonds. The number of likely N-dealkylation sites (tertiary alicyclic amines) is 1. The van der Waals surface area contributed by atoms with Gasteiger partial charge in [-0.1, -0.05) is 17.7 Å².